The van der Waals surface area contributed by atoms with E-state index < -0.39 is 12.5 Å². The molecule has 3 N–H and O–H groups in total. The first kappa shape index (κ1) is 14.6. The van der Waals surface area contributed by atoms with Crippen molar-refractivity contribution in [3.63, 3.8) is 0 Å². The lowest BCUT2D eigenvalue weighted by molar-refractivity contribution is -0.0504. The second kappa shape index (κ2) is 6.60. The number of benzene rings is 1. The Hall–Kier alpha value is -2.77. The number of hydrogen-bond acceptors (Lipinski definition) is 5. The van der Waals surface area contributed by atoms with E-state index in [1.807, 2.05) is 0 Å². The molecule has 1 amide bonds. The van der Waals surface area contributed by atoms with E-state index in [1.54, 1.807) is 18.2 Å². The molecule has 0 bridgehead atoms. The van der Waals surface area contributed by atoms with Gasteiger partial charge in [0, 0.05) is 24.5 Å². The van der Waals surface area contributed by atoms with Gasteiger partial charge >= 0.3 is 6.61 Å². The fourth-order valence-electron chi connectivity index (χ4n) is 1.64. The van der Waals surface area contributed by atoms with Crippen LogP contribution in [0.25, 0.3) is 0 Å². The van der Waals surface area contributed by atoms with Crippen molar-refractivity contribution in [3.05, 3.63) is 47.9 Å². The number of amides is 1. The van der Waals surface area contributed by atoms with Gasteiger partial charge in [0.25, 0.3) is 5.91 Å². The Balaban J connectivity index is 2.07. The summed E-state index contributed by atoms with van der Waals surface area (Å²) in [6, 6.07) is 6.17. The van der Waals surface area contributed by atoms with E-state index in [-0.39, 0.29) is 23.8 Å². The highest BCUT2D eigenvalue weighted by Crippen LogP contribution is 2.20. The van der Waals surface area contributed by atoms with E-state index in [9.17, 15) is 13.6 Å². The Bertz CT molecular complexity index is 637. The summed E-state index contributed by atoms with van der Waals surface area (Å²) in [7, 11) is 0. The number of rotatable bonds is 5. The molecule has 0 atom stereocenters. The molecule has 0 saturated carbocycles. The maximum atomic E-state index is 12.3. The second-order valence-electron chi connectivity index (χ2n) is 3.96. The molecule has 1 aromatic heterocycles. The number of ether oxygens (including phenoxy) is 1. The first-order valence-electron chi connectivity index (χ1n) is 5.95. The van der Waals surface area contributed by atoms with Gasteiger partial charge in [-0.1, -0.05) is 18.2 Å². The molecule has 0 spiro atoms. The normalized spacial score (nSPS) is 10.4. The highest BCUT2D eigenvalue weighted by molar-refractivity contribution is 5.96. The van der Waals surface area contributed by atoms with Crippen LogP contribution in [-0.2, 0) is 6.54 Å². The summed E-state index contributed by atoms with van der Waals surface area (Å²) >= 11 is 0. The van der Waals surface area contributed by atoms with Crippen molar-refractivity contribution >= 4 is 11.7 Å². The monoisotopic (exact) mass is 294 g/mol. The van der Waals surface area contributed by atoms with Gasteiger partial charge in [0.05, 0.1) is 0 Å². The Morgan fingerprint density at radius 1 is 1.29 bits per heavy atom. The number of alkyl halides is 2. The van der Waals surface area contributed by atoms with Crippen LogP contribution in [0.2, 0.25) is 0 Å². The summed E-state index contributed by atoms with van der Waals surface area (Å²) < 4.78 is 28.9. The minimum atomic E-state index is -2.93. The molecule has 0 aliphatic heterocycles. The van der Waals surface area contributed by atoms with Crippen LogP contribution in [0, 0.1) is 0 Å². The maximum Gasteiger partial charge on any atom is 0.387 e. The first-order chi connectivity index (χ1) is 10.1. The number of halogens is 2. The fourth-order valence-corrected chi connectivity index (χ4v) is 1.64. The zero-order chi connectivity index (χ0) is 15.2. The third-order valence-corrected chi connectivity index (χ3v) is 2.57. The molecule has 0 saturated heterocycles. The number of aromatic nitrogens is 2. The number of hydrogen-bond donors (Lipinski definition) is 2. The van der Waals surface area contributed by atoms with Crippen LogP contribution >= 0.6 is 0 Å². The number of nitrogens with zero attached hydrogens (tertiary/aromatic N) is 2. The average molecular weight is 294 g/mol. The van der Waals surface area contributed by atoms with E-state index >= 15 is 0 Å². The van der Waals surface area contributed by atoms with E-state index in [1.165, 1.54) is 18.5 Å². The Kier molecular flexibility index (Phi) is 4.60. The number of carbonyl (C=O) groups is 1. The summed E-state index contributed by atoms with van der Waals surface area (Å²) in [5.41, 5.74) is 5.92. The average Bonchev–Trinajstić information content (AvgIpc) is 2.46. The van der Waals surface area contributed by atoms with E-state index in [2.05, 4.69) is 20.0 Å². The third kappa shape index (κ3) is 3.85. The molecule has 2 rings (SSSR count). The number of carbonyl (C=O) groups excluding carboxylic acids is 1. The molecular weight excluding hydrogens is 282 g/mol. The zero-order valence-electron chi connectivity index (χ0n) is 10.8. The van der Waals surface area contributed by atoms with Crippen molar-refractivity contribution in [2.75, 3.05) is 5.73 Å². The van der Waals surface area contributed by atoms with Crippen LogP contribution in [-0.4, -0.2) is 22.5 Å². The predicted octanol–water partition coefficient (Wildman–Crippen LogP) is 1.59. The van der Waals surface area contributed by atoms with Crippen LogP contribution in [0.3, 0.4) is 0 Å². The Morgan fingerprint density at radius 3 is 2.71 bits per heavy atom. The minimum Gasteiger partial charge on any atom is -0.434 e. The molecule has 21 heavy (non-hydrogen) atoms. The van der Waals surface area contributed by atoms with Gasteiger partial charge in [0.15, 0.2) is 11.5 Å². The summed E-state index contributed by atoms with van der Waals surface area (Å²) in [6.07, 6.45) is 2.69. The van der Waals surface area contributed by atoms with Gasteiger partial charge in [-0.25, -0.2) is 9.97 Å². The van der Waals surface area contributed by atoms with E-state index in [0.29, 0.717) is 5.56 Å². The van der Waals surface area contributed by atoms with Crippen molar-refractivity contribution < 1.29 is 18.3 Å². The molecule has 8 heteroatoms. The van der Waals surface area contributed by atoms with Gasteiger partial charge in [0.2, 0.25) is 0 Å². The molecule has 0 aliphatic carbocycles. The van der Waals surface area contributed by atoms with Gasteiger partial charge in [-0.05, 0) is 6.07 Å². The molecular formula is C13H12F2N4O2. The fraction of sp³-hybridized carbons (Fsp3) is 0.154. The third-order valence-electron chi connectivity index (χ3n) is 2.57. The predicted molar refractivity (Wildman–Crippen MR) is 70.7 cm³/mol. The second-order valence-corrected chi connectivity index (χ2v) is 3.96. The standard InChI is InChI=1S/C13H12F2N4O2/c14-13(15)21-9-4-2-1-3-8(9)7-19-12(20)10-11(16)18-6-5-17-10/h1-6,13H,7H2,(H2,16,18)(H,19,20). The van der Waals surface area contributed by atoms with Crippen LogP contribution < -0.4 is 15.8 Å². The number of para-hydroxylation sites is 1. The molecule has 1 heterocycles. The lowest BCUT2D eigenvalue weighted by Gasteiger charge is -2.11. The zero-order valence-corrected chi connectivity index (χ0v) is 10.8. The van der Waals surface area contributed by atoms with Gasteiger partial charge in [-0.2, -0.15) is 8.78 Å². The molecule has 0 unspecified atom stereocenters. The van der Waals surface area contributed by atoms with Crippen LogP contribution in [0.4, 0.5) is 14.6 Å². The number of anilines is 1. The van der Waals surface area contributed by atoms with Crippen molar-refractivity contribution in [3.8, 4) is 5.75 Å². The molecule has 0 fully saturated rings. The molecule has 1 aromatic carbocycles. The SMILES string of the molecule is Nc1nccnc1C(=O)NCc1ccccc1OC(F)F. The van der Waals surface area contributed by atoms with E-state index in [0.717, 1.165) is 0 Å². The summed E-state index contributed by atoms with van der Waals surface area (Å²) in [5, 5.41) is 2.52. The summed E-state index contributed by atoms with van der Waals surface area (Å²) in [6.45, 7) is -2.94. The topological polar surface area (TPSA) is 90.1 Å². The van der Waals surface area contributed by atoms with Gasteiger partial charge in [-0.15, -0.1) is 0 Å². The van der Waals surface area contributed by atoms with Crippen molar-refractivity contribution in [2.45, 2.75) is 13.2 Å². The number of nitrogen functional groups attached to an aromatic ring is 1. The lowest BCUT2D eigenvalue weighted by atomic mass is 10.2. The van der Waals surface area contributed by atoms with Gasteiger partial charge in [-0.3, -0.25) is 4.79 Å². The summed E-state index contributed by atoms with van der Waals surface area (Å²) in [5.74, 6) is -0.556. The molecule has 2 aromatic rings. The Morgan fingerprint density at radius 2 is 2.00 bits per heavy atom. The highest BCUT2D eigenvalue weighted by Gasteiger charge is 2.13. The Labute approximate surface area is 119 Å². The molecule has 6 nitrogen and oxygen atoms in total. The van der Waals surface area contributed by atoms with Crippen molar-refractivity contribution in [1.82, 2.24) is 15.3 Å². The smallest absolute Gasteiger partial charge is 0.387 e. The molecule has 0 aliphatic rings. The quantitative estimate of drug-likeness (QED) is 0.874. The lowest BCUT2D eigenvalue weighted by Crippen LogP contribution is -2.25. The molecule has 110 valence electrons. The van der Waals surface area contributed by atoms with Gasteiger partial charge in [0.1, 0.15) is 5.75 Å². The van der Waals surface area contributed by atoms with Crippen LogP contribution in [0.1, 0.15) is 16.1 Å². The van der Waals surface area contributed by atoms with Crippen LogP contribution in [0.15, 0.2) is 36.7 Å². The van der Waals surface area contributed by atoms with Gasteiger partial charge < -0.3 is 15.8 Å². The number of nitrogens with one attached hydrogen (secondary N) is 1. The van der Waals surface area contributed by atoms with Crippen LogP contribution in [0.5, 0.6) is 5.75 Å². The van der Waals surface area contributed by atoms with Crippen molar-refractivity contribution in [2.24, 2.45) is 0 Å². The number of nitrogens with two attached hydrogens (primary N) is 1. The maximum absolute atomic E-state index is 12.3. The highest BCUT2D eigenvalue weighted by atomic mass is 19.3. The first-order valence-corrected chi connectivity index (χ1v) is 5.95. The largest absolute Gasteiger partial charge is 0.434 e. The minimum absolute atomic E-state index is 0.0000761. The van der Waals surface area contributed by atoms with Crippen molar-refractivity contribution in [1.29, 1.82) is 0 Å². The van der Waals surface area contributed by atoms with E-state index in [4.69, 9.17) is 5.73 Å². The summed E-state index contributed by atoms with van der Waals surface area (Å²) in [4.78, 5) is 19.4. The molecule has 0 radical (unpaired) electrons.